The molecule has 0 heterocycles. The lowest BCUT2D eigenvalue weighted by molar-refractivity contribution is -0.118. The quantitative estimate of drug-likeness (QED) is 0.266. The van der Waals surface area contributed by atoms with E-state index in [1.54, 1.807) is 18.4 Å². The SMILES string of the molecule is CCOP(=S)(OCC)SCSC(C)(C)C.CNC(=O)CSP(=S)(OC)OC. The van der Waals surface area contributed by atoms with E-state index >= 15 is 0 Å². The highest BCUT2D eigenvalue weighted by Crippen LogP contribution is 2.62. The maximum atomic E-state index is 10.8. The fourth-order valence-electron chi connectivity index (χ4n) is 1.09. The summed E-state index contributed by atoms with van der Waals surface area (Å²) < 4.78 is 21.3. The van der Waals surface area contributed by atoms with Crippen LogP contribution in [-0.4, -0.2) is 56.0 Å². The Hall–Kier alpha value is 1.66. The van der Waals surface area contributed by atoms with E-state index in [1.165, 1.54) is 25.6 Å². The number of nitrogens with one attached hydrogen (secondary N) is 1. The first kappa shape index (κ1) is 30.9. The highest BCUT2D eigenvalue weighted by molar-refractivity contribution is 8.69. The zero-order valence-electron chi connectivity index (χ0n) is 17.3. The zero-order chi connectivity index (χ0) is 21.6. The molecule has 0 unspecified atom stereocenters. The minimum Gasteiger partial charge on any atom is -0.358 e. The lowest BCUT2D eigenvalue weighted by Crippen LogP contribution is -2.19. The Kier molecular flexibility index (Phi) is 18.7. The Morgan fingerprint density at radius 2 is 1.48 bits per heavy atom. The Bertz CT molecular complexity index is 487. The molecule has 164 valence electrons. The normalized spacial score (nSPS) is 12.3. The number of carbonyl (C=O) groups excluding carboxylic acids is 1. The van der Waals surface area contributed by atoms with Gasteiger partial charge in [0.05, 0.1) is 19.0 Å². The smallest absolute Gasteiger partial charge is 0.248 e. The van der Waals surface area contributed by atoms with Crippen LogP contribution in [0.1, 0.15) is 34.6 Å². The lowest BCUT2D eigenvalue weighted by atomic mass is 10.3. The number of amides is 1. The van der Waals surface area contributed by atoms with Crippen LogP contribution in [-0.2, 0) is 46.5 Å². The van der Waals surface area contributed by atoms with Crippen molar-refractivity contribution in [3.8, 4) is 0 Å². The maximum Gasteiger partial charge on any atom is 0.248 e. The highest BCUT2D eigenvalue weighted by atomic mass is 32.9. The van der Waals surface area contributed by atoms with Crippen LogP contribution >= 0.6 is 45.9 Å². The molecule has 0 rings (SSSR count). The van der Waals surface area contributed by atoms with Crippen molar-refractivity contribution >= 4 is 75.4 Å². The molecule has 1 N–H and O–H groups in total. The van der Waals surface area contributed by atoms with Gasteiger partial charge in [-0.25, -0.2) is 0 Å². The zero-order valence-corrected chi connectivity index (χ0v) is 23.2. The number of thioether (sulfide) groups is 1. The number of rotatable bonds is 12. The third kappa shape index (κ3) is 18.2. The van der Waals surface area contributed by atoms with Gasteiger partial charge in [-0.15, -0.1) is 11.8 Å². The van der Waals surface area contributed by atoms with Crippen LogP contribution in [0.25, 0.3) is 0 Å². The van der Waals surface area contributed by atoms with E-state index in [2.05, 4.69) is 26.1 Å². The average Bonchev–Trinajstić information content (AvgIpc) is 2.59. The van der Waals surface area contributed by atoms with Crippen molar-refractivity contribution in [1.82, 2.24) is 5.32 Å². The van der Waals surface area contributed by atoms with Gasteiger partial charge in [-0.2, -0.15) is 0 Å². The van der Waals surface area contributed by atoms with E-state index in [0.29, 0.717) is 13.2 Å². The largest absolute Gasteiger partial charge is 0.358 e. The molecule has 0 aromatic heterocycles. The van der Waals surface area contributed by atoms with Gasteiger partial charge >= 0.3 is 0 Å². The summed E-state index contributed by atoms with van der Waals surface area (Å²) in [6, 6.07) is 0. The summed E-state index contributed by atoms with van der Waals surface area (Å²) in [4.78, 5) is 10.8. The molecule has 0 radical (unpaired) electrons. The van der Waals surface area contributed by atoms with Crippen LogP contribution in [0.3, 0.4) is 0 Å². The summed E-state index contributed by atoms with van der Waals surface area (Å²) in [6.07, 6.45) is 0. The van der Waals surface area contributed by atoms with Gasteiger partial charge in [0.1, 0.15) is 0 Å². The van der Waals surface area contributed by atoms with Gasteiger partial charge in [0.15, 0.2) is 0 Å². The van der Waals surface area contributed by atoms with E-state index in [4.69, 9.17) is 41.7 Å². The van der Waals surface area contributed by atoms with Crippen LogP contribution in [0, 0.1) is 0 Å². The first-order valence-electron chi connectivity index (χ1n) is 8.15. The van der Waals surface area contributed by atoms with Crippen molar-refractivity contribution in [2.45, 2.75) is 39.4 Å². The first-order valence-corrected chi connectivity index (χ1v) is 17.6. The van der Waals surface area contributed by atoms with E-state index in [-0.39, 0.29) is 16.4 Å². The van der Waals surface area contributed by atoms with E-state index in [9.17, 15) is 4.79 Å². The third-order valence-electron chi connectivity index (χ3n) is 2.36. The second kappa shape index (κ2) is 16.4. The van der Waals surface area contributed by atoms with Crippen molar-refractivity contribution in [1.29, 1.82) is 0 Å². The molecule has 0 fully saturated rings. The number of carbonyl (C=O) groups is 1. The van der Waals surface area contributed by atoms with Crippen LogP contribution in [0.15, 0.2) is 0 Å². The second-order valence-electron chi connectivity index (χ2n) is 5.55. The van der Waals surface area contributed by atoms with Gasteiger partial charge in [-0.1, -0.05) is 43.5 Å². The molecule has 0 aliphatic carbocycles. The van der Waals surface area contributed by atoms with Crippen molar-refractivity contribution in [3.05, 3.63) is 0 Å². The van der Waals surface area contributed by atoms with Gasteiger partial charge in [0, 0.05) is 31.1 Å². The molecule has 6 nitrogen and oxygen atoms in total. The summed E-state index contributed by atoms with van der Waals surface area (Å²) in [5.74, 6) is 0.193. The average molecular weight is 518 g/mol. The Morgan fingerprint density at radius 3 is 1.81 bits per heavy atom. The summed E-state index contributed by atoms with van der Waals surface area (Å²) >= 11 is 15.2. The molecule has 0 bridgehead atoms. The van der Waals surface area contributed by atoms with E-state index < -0.39 is 11.4 Å². The lowest BCUT2D eigenvalue weighted by Gasteiger charge is -2.22. The molecule has 0 saturated heterocycles. The molecule has 0 saturated carbocycles. The van der Waals surface area contributed by atoms with Crippen molar-refractivity contribution < 1.29 is 22.9 Å². The number of hydrogen-bond acceptors (Lipinski definition) is 10. The molecule has 0 spiro atoms. The van der Waals surface area contributed by atoms with Gasteiger partial charge in [-0.05, 0) is 37.5 Å². The van der Waals surface area contributed by atoms with Gasteiger partial charge in [0.25, 0.3) is 0 Å². The topological polar surface area (TPSA) is 66.0 Å². The summed E-state index contributed by atoms with van der Waals surface area (Å²) in [5, 5.41) is 3.42. The standard InChI is InChI=1S/C9H21O2PS3.C5H12NO3PS2/c1-6-10-12(13,11-7-2)15-8-14-9(3,4)5;1-6-5(7)4-12-10(11,8-2)9-3/h6-8H2,1-5H3;4H2,1-3H3,(H,6,7). The van der Waals surface area contributed by atoms with Gasteiger partial charge in [-0.3, -0.25) is 4.79 Å². The van der Waals surface area contributed by atoms with Crippen molar-refractivity contribution in [2.75, 3.05) is 45.3 Å². The van der Waals surface area contributed by atoms with Gasteiger partial charge in [0.2, 0.25) is 17.3 Å². The molecule has 0 aliphatic heterocycles. The van der Waals surface area contributed by atoms with Crippen LogP contribution in [0.2, 0.25) is 0 Å². The predicted octanol–water partition coefficient (Wildman–Crippen LogP) is 5.49. The van der Waals surface area contributed by atoms with Crippen LogP contribution in [0.4, 0.5) is 0 Å². The summed E-state index contributed by atoms with van der Waals surface area (Å²) in [6.45, 7) is 11.8. The van der Waals surface area contributed by atoms with E-state index in [1.807, 2.05) is 25.6 Å². The first-order chi connectivity index (χ1) is 12.4. The molecule has 0 aromatic carbocycles. The third-order valence-corrected chi connectivity index (χ3v) is 15.4. The molecular formula is C14H33NO5P2S5. The van der Waals surface area contributed by atoms with E-state index in [0.717, 1.165) is 5.08 Å². The molecule has 13 heteroatoms. The molecule has 27 heavy (non-hydrogen) atoms. The monoisotopic (exact) mass is 517 g/mol. The van der Waals surface area contributed by atoms with Crippen LogP contribution in [0.5, 0.6) is 0 Å². The highest BCUT2D eigenvalue weighted by Gasteiger charge is 2.20. The Balaban J connectivity index is 0. The Labute approximate surface area is 187 Å². The predicted molar refractivity (Wildman–Crippen MR) is 132 cm³/mol. The minimum absolute atomic E-state index is 0.0803. The second-order valence-corrected chi connectivity index (χ2v) is 20.5. The van der Waals surface area contributed by atoms with Gasteiger partial charge < -0.3 is 23.4 Å². The fraction of sp³-hybridized carbons (Fsp3) is 0.929. The van der Waals surface area contributed by atoms with Crippen molar-refractivity contribution in [2.24, 2.45) is 0 Å². The molecule has 0 aliphatic rings. The summed E-state index contributed by atoms with van der Waals surface area (Å²) in [5.41, 5.74) is -4.34. The minimum atomic E-state index is -2.26. The maximum absolute atomic E-state index is 10.8. The molecular weight excluding hydrogens is 484 g/mol. The molecule has 0 aromatic rings. The molecule has 0 atom stereocenters. The Morgan fingerprint density at radius 1 is 1.00 bits per heavy atom. The molecule has 1 amide bonds. The van der Waals surface area contributed by atoms with Crippen molar-refractivity contribution in [3.63, 3.8) is 0 Å². The fourth-order valence-corrected chi connectivity index (χ4v) is 11.3. The summed E-state index contributed by atoms with van der Waals surface area (Å²) in [7, 11) is 4.55. The number of hydrogen-bond donors (Lipinski definition) is 1. The van der Waals surface area contributed by atoms with Crippen LogP contribution < -0.4 is 5.32 Å².